The van der Waals surface area contributed by atoms with Crippen molar-refractivity contribution in [2.24, 2.45) is 23.5 Å². The summed E-state index contributed by atoms with van der Waals surface area (Å²) in [5.74, 6) is -0.319. The highest BCUT2D eigenvalue weighted by Crippen LogP contribution is 2.44. The Morgan fingerprint density at radius 2 is 1.97 bits per heavy atom. The lowest BCUT2D eigenvalue weighted by atomic mass is 9.93. The van der Waals surface area contributed by atoms with Crippen LogP contribution in [0, 0.1) is 17.8 Å². The van der Waals surface area contributed by atoms with Crippen LogP contribution in [0.3, 0.4) is 0 Å². The molecule has 12 nitrogen and oxygen atoms in total. The number of carbonyl (C=O) groups excluding carboxylic acids is 3. The van der Waals surface area contributed by atoms with Crippen LogP contribution < -0.4 is 16.0 Å². The minimum absolute atomic E-state index is 0.0102. The summed E-state index contributed by atoms with van der Waals surface area (Å²) < 4.78 is 27.1. The summed E-state index contributed by atoms with van der Waals surface area (Å²) in [5, 5.41) is 7.82. The molecule has 35 heavy (non-hydrogen) atoms. The number of aromatic nitrogens is 2. The normalized spacial score (nSPS) is 27.1. The Hall–Kier alpha value is -3.19. The van der Waals surface area contributed by atoms with Gasteiger partial charge in [0.2, 0.25) is 15.9 Å². The second-order valence-electron chi connectivity index (χ2n) is 9.78. The van der Waals surface area contributed by atoms with E-state index in [2.05, 4.69) is 17.3 Å². The number of sulfonamides is 1. The van der Waals surface area contributed by atoms with Gasteiger partial charge in [-0.25, -0.2) is 22.0 Å². The quantitative estimate of drug-likeness (QED) is 0.605. The van der Waals surface area contributed by atoms with Crippen LogP contribution in [0.2, 0.25) is 0 Å². The zero-order valence-electron chi connectivity index (χ0n) is 19.8. The minimum Gasteiger partial charge on any atom is -0.380 e. The lowest BCUT2D eigenvalue weighted by molar-refractivity contribution is -0.125. The lowest BCUT2D eigenvalue weighted by Crippen LogP contribution is -2.34. The van der Waals surface area contributed by atoms with Gasteiger partial charge in [0.25, 0.3) is 5.91 Å². The summed E-state index contributed by atoms with van der Waals surface area (Å²) in [7, 11) is -3.23. The number of fused-ring (bicyclic) bond motifs is 2. The highest BCUT2D eigenvalue weighted by molar-refractivity contribution is 7.88. The molecule has 4 heterocycles. The van der Waals surface area contributed by atoms with Gasteiger partial charge in [0.1, 0.15) is 0 Å². The summed E-state index contributed by atoms with van der Waals surface area (Å²) in [6.45, 7) is 5.11. The fraction of sp³-hybridized carbons (Fsp3) is 0.545. The number of nitrogens with two attached hydrogens (primary N) is 1. The third-order valence-corrected chi connectivity index (χ3v) is 8.95. The highest BCUT2D eigenvalue weighted by atomic mass is 32.2. The first kappa shape index (κ1) is 23.5. The van der Waals surface area contributed by atoms with E-state index in [0.717, 1.165) is 6.42 Å². The third-order valence-electron chi connectivity index (χ3n) is 7.71. The molecule has 188 valence electrons. The molecule has 0 aromatic carbocycles. The Morgan fingerprint density at radius 3 is 2.57 bits per heavy atom. The number of rotatable bonds is 5. The maximum Gasteiger partial charge on any atom is 0.331 e. The summed E-state index contributed by atoms with van der Waals surface area (Å²) in [4.78, 5) is 39.3. The molecule has 0 spiro atoms. The molecular weight excluding hydrogens is 474 g/mol. The van der Waals surface area contributed by atoms with Crippen molar-refractivity contribution in [1.29, 1.82) is 0 Å². The number of nitrogens with one attached hydrogen (secondary N) is 1. The van der Waals surface area contributed by atoms with Crippen LogP contribution in [0.15, 0.2) is 18.5 Å². The maximum atomic E-state index is 12.7. The van der Waals surface area contributed by atoms with Gasteiger partial charge < -0.3 is 11.1 Å². The average Bonchev–Trinajstić information content (AvgIpc) is 3.51. The predicted molar refractivity (Wildman–Crippen MR) is 128 cm³/mol. The van der Waals surface area contributed by atoms with Crippen molar-refractivity contribution < 1.29 is 22.8 Å². The molecule has 3 N–H and O–H groups in total. The summed E-state index contributed by atoms with van der Waals surface area (Å²) in [6, 6.07) is 1.37. The van der Waals surface area contributed by atoms with Gasteiger partial charge in [-0.3, -0.25) is 19.4 Å². The van der Waals surface area contributed by atoms with Crippen LogP contribution >= 0.6 is 0 Å². The van der Waals surface area contributed by atoms with E-state index in [1.165, 1.54) is 29.2 Å². The predicted octanol–water partition coefficient (Wildman–Crippen LogP) is 0.550. The zero-order chi connectivity index (χ0) is 25.2. The molecule has 3 aliphatic rings. The molecule has 0 bridgehead atoms. The van der Waals surface area contributed by atoms with Crippen LogP contribution in [0.4, 0.5) is 16.2 Å². The fourth-order valence-corrected chi connectivity index (χ4v) is 6.69. The number of hydrogen-bond donors (Lipinski definition) is 2. The van der Waals surface area contributed by atoms with E-state index in [9.17, 15) is 22.8 Å². The van der Waals surface area contributed by atoms with Crippen LogP contribution in [0.25, 0.3) is 5.52 Å². The zero-order valence-corrected chi connectivity index (χ0v) is 20.7. The van der Waals surface area contributed by atoms with Crippen LogP contribution in [0.1, 0.15) is 30.6 Å². The van der Waals surface area contributed by atoms with Gasteiger partial charge in [0.15, 0.2) is 0 Å². The molecule has 2 saturated heterocycles. The third kappa shape index (κ3) is 3.92. The molecule has 5 rings (SSSR count). The standard InChI is InChI=1S/C22H29N7O5S/c1-12-17-11-26(35(3,33)34)9-14(17)6-18(12)25-20-16(21(23)31)8-24-29-10-15(7-19(20)29)28-5-4-27(13(2)30)22(28)32/h7-8,10,12,14,17-18,25H,4-6,9,11H2,1-3H3,(H2,23,31)/t12-,14?,17-,18-/m1/s1. The van der Waals surface area contributed by atoms with E-state index in [1.807, 2.05) is 0 Å². The van der Waals surface area contributed by atoms with E-state index in [-0.39, 0.29) is 35.3 Å². The molecule has 2 aliphatic heterocycles. The van der Waals surface area contributed by atoms with E-state index < -0.39 is 22.0 Å². The first-order valence-corrected chi connectivity index (χ1v) is 13.4. The fourth-order valence-electron chi connectivity index (χ4n) is 5.78. The second-order valence-corrected chi connectivity index (χ2v) is 11.8. The Balaban J connectivity index is 1.45. The smallest absolute Gasteiger partial charge is 0.331 e. The van der Waals surface area contributed by atoms with E-state index in [0.29, 0.717) is 43.1 Å². The number of amides is 4. The molecule has 3 fully saturated rings. The molecule has 1 aliphatic carbocycles. The van der Waals surface area contributed by atoms with Crippen molar-refractivity contribution in [3.63, 3.8) is 0 Å². The van der Waals surface area contributed by atoms with Gasteiger partial charge in [-0.05, 0) is 30.2 Å². The van der Waals surface area contributed by atoms with Crippen molar-refractivity contribution in [1.82, 2.24) is 18.8 Å². The molecule has 4 atom stereocenters. The maximum absolute atomic E-state index is 12.7. The molecule has 0 radical (unpaired) electrons. The molecule has 1 saturated carbocycles. The number of primary amides is 1. The van der Waals surface area contributed by atoms with E-state index in [1.54, 1.807) is 21.1 Å². The van der Waals surface area contributed by atoms with Crippen LogP contribution in [0.5, 0.6) is 0 Å². The lowest BCUT2D eigenvalue weighted by Gasteiger charge is -2.25. The largest absolute Gasteiger partial charge is 0.380 e. The second kappa shape index (κ2) is 8.19. The van der Waals surface area contributed by atoms with Crippen molar-refractivity contribution in [2.75, 3.05) is 42.7 Å². The molecule has 2 aromatic rings. The monoisotopic (exact) mass is 503 g/mol. The van der Waals surface area contributed by atoms with Crippen molar-refractivity contribution in [3.8, 4) is 0 Å². The molecule has 2 aromatic heterocycles. The first-order valence-electron chi connectivity index (χ1n) is 11.6. The number of nitrogens with zero attached hydrogens (tertiary/aromatic N) is 5. The topological polar surface area (TPSA) is 150 Å². The number of urea groups is 1. The van der Waals surface area contributed by atoms with Crippen molar-refractivity contribution >= 4 is 44.8 Å². The van der Waals surface area contributed by atoms with Gasteiger partial charge in [-0.15, -0.1) is 0 Å². The molecule has 1 unspecified atom stereocenters. The van der Waals surface area contributed by atoms with Crippen molar-refractivity contribution in [3.05, 3.63) is 24.0 Å². The van der Waals surface area contributed by atoms with Gasteiger partial charge in [-0.1, -0.05) is 6.92 Å². The van der Waals surface area contributed by atoms with Crippen molar-refractivity contribution in [2.45, 2.75) is 26.3 Å². The van der Waals surface area contributed by atoms with Gasteiger partial charge in [-0.2, -0.15) is 5.10 Å². The highest BCUT2D eigenvalue weighted by Gasteiger charge is 2.48. The number of hydrogen-bond acceptors (Lipinski definition) is 7. The summed E-state index contributed by atoms with van der Waals surface area (Å²) >= 11 is 0. The van der Waals surface area contributed by atoms with E-state index >= 15 is 0 Å². The number of carbonyl (C=O) groups is 3. The Labute approximate surface area is 203 Å². The summed E-state index contributed by atoms with van der Waals surface area (Å²) in [6.07, 6.45) is 5.09. The Morgan fingerprint density at radius 1 is 1.23 bits per heavy atom. The molecular formula is C22H29N7O5S. The Kier molecular flexibility index (Phi) is 5.51. The van der Waals surface area contributed by atoms with Gasteiger partial charge in [0.05, 0.1) is 41.1 Å². The Bertz CT molecular complexity index is 1340. The molecule has 4 amide bonds. The van der Waals surface area contributed by atoms with Crippen LogP contribution in [-0.2, 0) is 14.8 Å². The molecule has 13 heteroatoms. The minimum atomic E-state index is -3.23. The SMILES string of the molecule is CC(=O)N1CCN(c2cc3c(N[C@@H]4CC5CN(S(C)(=O)=O)C[C@@H]5[C@H]4C)c(C(N)=O)cnn3c2)C1=O. The first-order chi connectivity index (χ1) is 16.5. The van der Waals surface area contributed by atoms with Gasteiger partial charge in [0, 0.05) is 39.1 Å². The van der Waals surface area contributed by atoms with Gasteiger partial charge >= 0.3 is 6.03 Å². The number of imide groups is 1. The number of anilines is 2. The average molecular weight is 504 g/mol. The van der Waals surface area contributed by atoms with Crippen LogP contribution in [-0.4, -0.2) is 83.6 Å². The summed E-state index contributed by atoms with van der Waals surface area (Å²) in [5.41, 5.74) is 7.59. The van der Waals surface area contributed by atoms with E-state index in [4.69, 9.17) is 5.73 Å².